The first-order valence-electron chi connectivity index (χ1n) is 5.99. The molecule has 100 valence electrons. The Kier molecular flexibility index (Phi) is 5.45. The Hall–Kier alpha value is -1.75. The van der Waals surface area contributed by atoms with Crippen molar-refractivity contribution in [3.63, 3.8) is 0 Å². The van der Waals surface area contributed by atoms with Crippen molar-refractivity contribution in [3.05, 3.63) is 23.8 Å². The van der Waals surface area contributed by atoms with Gasteiger partial charge in [0.1, 0.15) is 11.5 Å². The lowest BCUT2D eigenvalue weighted by Gasteiger charge is -2.12. The lowest BCUT2D eigenvalue weighted by molar-refractivity contribution is 0.0947. The predicted molar refractivity (Wildman–Crippen MR) is 69.9 cm³/mol. The molecule has 18 heavy (non-hydrogen) atoms. The monoisotopic (exact) mass is 252 g/mol. The minimum atomic E-state index is -0.349. The number of aromatic hydroxyl groups is 1. The van der Waals surface area contributed by atoms with Gasteiger partial charge in [0, 0.05) is 12.6 Å². The molecule has 5 nitrogen and oxygen atoms in total. The lowest BCUT2D eigenvalue weighted by Crippen LogP contribution is -2.37. The van der Waals surface area contributed by atoms with Crippen LogP contribution in [0.25, 0.3) is 0 Å². The number of carbonyl (C=O) groups is 1. The fraction of sp³-hybridized carbons (Fsp3) is 0.462. The second-order valence-corrected chi connectivity index (χ2v) is 4.14. The van der Waals surface area contributed by atoms with Gasteiger partial charge in [-0.15, -0.1) is 0 Å². The summed E-state index contributed by atoms with van der Waals surface area (Å²) in [6, 6.07) is 4.46. The molecule has 1 aromatic carbocycles. The van der Waals surface area contributed by atoms with Crippen molar-refractivity contribution >= 4 is 5.91 Å². The van der Waals surface area contributed by atoms with Gasteiger partial charge >= 0.3 is 0 Å². The number of nitrogens with one attached hydrogen (secondary N) is 1. The maximum absolute atomic E-state index is 11.9. The maximum atomic E-state index is 11.9. The number of nitrogens with two attached hydrogens (primary N) is 1. The molecule has 0 saturated heterocycles. The molecule has 1 atom stereocenters. The van der Waals surface area contributed by atoms with Crippen molar-refractivity contribution in [3.8, 4) is 11.5 Å². The molecule has 0 aliphatic rings. The molecule has 1 aromatic rings. The molecule has 1 unspecified atom stereocenters. The summed E-state index contributed by atoms with van der Waals surface area (Å²) in [5.41, 5.74) is 6.00. The predicted octanol–water partition coefficient (Wildman–Crippen LogP) is 1.26. The van der Waals surface area contributed by atoms with Crippen molar-refractivity contribution in [1.82, 2.24) is 5.32 Å². The number of benzene rings is 1. The van der Waals surface area contributed by atoms with Crippen molar-refractivity contribution in [1.29, 1.82) is 0 Å². The van der Waals surface area contributed by atoms with Crippen LogP contribution in [0.1, 0.15) is 30.1 Å². The fourth-order valence-electron chi connectivity index (χ4n) is 1.62. The molecule has 0 bridgehead atoms. The molecule has 0 aliphatic heterocycles. The van der Waals surface area contributed by atoms with Crippen LogP contribution in [0, 0.1) is 0 Å². The average molecular weight is 252 g/mol. The Morgan fingerprint density at radius 1 is 1.56 bits per heavy atom. The average Bonchev–Trinajstić information content (AvgIpc) is 2.37. The van der Waals surface area contributed by atoms with Crippen molar-refractivity contribution in [2.75, 3.05) is 13.7 Å². The number of phenolic OH excluding ortho intramolecular Hbond substituents is 1. The van der Waals surface area contributed by atoms with Gasteiger partial charge in [0.2, 0.25) is 0 Å². The summed E-state index contributed by atoms with van der Waals surface area (Å²) in [5, 5.41) is 12.3. The molecule has 5 heteroatoms. The summed E-state index contributed by atoms with van der Waals surface area (Å²) in [7, 11) is 1.51. The van der Waals surface area contributed by atoms with Crippen molar-refractivity contribution in [2.45, 2.75) is 25.8 Å². The van der Waals surface area contributed by atoms with E-state index in [1.54, 1.807) is 6.07 Å². The van der Waals surface area contributed by atoms with Gasteiger partial charge in [-0.2, -0.15) is 0 Å². The van der Waals surface area contributed by atoms with Crippen LogP contribution < -0.4 is 15.8 Å². The molecule has 0 aliphatic carbocycles. The van der Waals surface area contributed by atoms with Gasteiger partial charge in [0.05, 0.1) is 12.7 Å². The summed E-state index contributed by atoms with van der Waals surface area (Å²) >= 11 is 0. The van der Waals surface area contributed by atoms with Gasteiger partial charge in [-0.1, -0.05) is 13.3 Å². The number of methoxy groups -OCH3 is 1. The third-order valence-corrected chi connectivity index (χ3v) is 2.63. The quantitative estimate of drug-likeness (QED) is 0.711. The maximum Gasteiger partial charge on any atom is 0.255 e. The summed E-state index contributed by atoms with van der Waals surface area (Å²) < 4.78 is 5.01. The third kappa shape index (κ3) is 3.92. The molecule has 0 spiro atoms. The SMILES string of the molecule is CCCC(N)CNC(=O)c1cc(OC)ccc1O. The zero-order valence-corrected chi connectivity index (χ0v) is 10.8. The zero-order valence-electron chi connectivity index (χ0n) is 10.8. The van der Waals surface area contributed by atoms with Crippen molar-refractivity contribution < 1.29 is 14.6 Å². The molecule has 0 radical (unpaired) electrons. The molecule has 0 fully saturated rings. The molecular formula is C13H20N2O3. The molecule has 0 heterocycles. The minimum Gasteiger partial charge on any atom is -0.507 e. The number of hydrogen-bond acceptors (Lipinski definition) is 4. The molecular weight excluding hydrogens is 232 g/mol. The molecule has 0 saturated carbocycles. The second-order valence-electron chi connectivity index (χ2n) is 4.14. The first-order valence-corrected chi connectivity index (χ1v) is 5.99. The molecule has 1 rings (SSSR count). The highest BCUT2D eigenvalue weighted by molar-refractivity contribution is 5.97. The van der Waals surface area contributed by atoms with Crippen LogP contribution in [0.5, 0.6) is 11.5 Å². The van der Waals surface area contributed by atoms with Crippen LogP contribution in [-0.4, -0.2) is 30.7 Å². The summed E-state index contributed by atoms with van der Waals surface area (Å²) in [6.45, 7) is 2.43. The van der Waals surface area contributed by atoms with E-state index in [2.05, 4.69) is 5.32 Å². The number of hydrogen-bond donors (Lipinski definition) is 3. The Labute approximate surface area is 107 Å². The van der Waals surface area contributed by atoms with E-state index >= 15 is 0 Å². The standard InChI is InChI=1S/C13H20N2O3/c1-3-4-9(14)8-15-13(17)11-7-10(18-2)5-6-12(11)16/h5-7,9,16H,3-4,8,14H2,1-2H3,(H,15,17). The number of amides is 1. The van der Waals surface area contributed by atoms with E-state index in [0.29, 0.717) is 12.3 Å². The molecule has 4 N–H and O–H groups in total. The molecule has 1 amide bonds. The van der Waals surface area contributed by atoms with Crippen LogP contribution in [0.4, 0.5) is 0 Å². The Bertz CT molecular complexity index is 407. The van der Waals surface area contributed by atoms with E-state index in [9.17, 15) is 9.90 Å². The fourth-order valence-corrected chi connectivity index (χ4v) is 1.62. The summed E-state index contributed by atoms with van der Waals surface area (Å²) in [4.78, 5) is 11.9. The Morgan fingerprint density at radius 3 is 2.89 bits per heavy atom. The number of ether oxygens (including phenoxy) is 1. The topological polar surface area (TPSA) is 84.6 Å². The van der Waals surface area contributed by atoms with E-state index in [-0.39, 0.29) is 23.3 Å². The van der Waals surface area contributed by atoms with Crippen molar-refractivity contribution in [2.24, 2.45) is 5.73 Å². The lowest BCUT2D eigenvalue weighted by atomic mass is 10.1. The van der Waals surface area contributed by atoms with Gasteiger partial charge in [0.15, 0.2) is 0 Å². The van der Waals surface area contributed by atoms with E-state index in [1.807, 2.05) is 6.92 Å². The second kappa shape index (κ2) is 6.86. The van der Waals surface area contributed by atoms with Crippen LogP contribution in [0.2, 0.25) is 0 Å². The zero-order chi connectivity index (χ0) is 13.5. The largest absolute Gasteiger partial charge is 0.507 e. The molecule has 0 aromatic heterocycles. The van der Waals surface area contributed by atoms with Gasteiger partial charge in [-0.3, -0.25) is 4.79 Å². The van der Waals surface area contributed by atoms with Crippen LogP contribution >= 0.6 is 0 Å². The summed E-state index contributed by atoms with van der Waals surface area (Å²) in [5.74, 6) is 0.103. The van der Waals surface area contributed by atoms with Crippen LogP contribution in [-0.2, 0) is 0 Å². The van der Waals surface area contributed by atoms with Gasteiger partial charge in [-0.25, -0.2) is 0 Å². The highest BCUT2D eigenvalue weighted by Gasteiger charge is 2.13. The van der Waals surface area contributed by atoms with E-state index < -0.39 is 0 Å². The highest BCUT2D eigenvalue weighted by atomic mass is 16.5. The third-order valence-electron chi connectivity index (χ3n) is 2.63. The Balaban J connectivity index is 2.66. The van der Waals surface area contributed by atoms with Gasteiger partial charge in [0.25, 0.3) is 5.91 Å². The summed E-state index contributed by atoms with van der Waals surface area (Å²) in [6.07, 6.45) is 1.83. The van der Waals surface area contributed by atoms with E-state index in [4.69, 9.17) is 10.5 Å². The first kappa shape index (κ1) is 14.3. The van der Waals surface area contributed by atoms with E-state index in [0.717, 1.165) is 12.8 Å². The highest BCUT2D eigenvalue weighted by Crippen LogP contribution is 2.22. The van der Waals surface area contributed by atoms with Gasteiger partial charge < -0.3 is 20.9 Å². The Morgan fingerprint density at radius 2 is 2.28 bits per heavy atom. The van der Waals surface area contributed by atoms with Gasteiger partial charge in [-0.05, 0) is 24.6 Å². The smallest absolute Gasteiger partial charge is 0.255 e. The number of rotatable bonds is 6. The minimum absolute atomic E-state index is 0.0632. The van der Waals surface area contributed by atoms with E-state index in [1.165, 1.54) is 19.2 Å². The normalized spacial score (nSPS) is 11.9. The first-order chi connectivity index (χ1) is 8.58. The van der Waals surface area contributed by atoms with Crippen LogP contribution in [0.3, 0.4) is 0 Å². The number of phenols is 1. The number of carbonyl (C=O) groups excluding carboxylic acids is 1. The van der Waals surface area contributed by atoms with Crippen LogP contribution in [0.15, 0.2) is 18.2 Å².